The molecule has 0 atom stereocenters. The average Bonchev–Trinajstić information content (AvgIpc) is 2.80. The van der Waals surface area contributed by atoms with E-state index in [1.54, 1.807) is 6.07 Å². The van der Waals surface area contributed by atoms with Gasteiger partial charge in [-0.2, -0.15) is 5.10 Å². The van der Waals surface area contributed by atoms with Gasteiger partial charge in [-0.25, -0.2) is 8.42 Å². The molecule has 0 fully saturated rings. The SMILES string of the molecule is CC(C)c1cc(NS(=O)(=O)c2cc(Cl)ccc2Cl)n[nH]1. The molecule has 2 rings (SSSR count). The summed E-state index contributed by atoms with van der Waals surface area (Å²) in [5, 5.41) is 7.07. The summed E-state index contributed by atoms with van der Waals surface area (Å²) in [6.45, 7) is 3.94. The Hall–Kier alpha value is -1.24. The first-order chi connectivity index (χ1) is 9.29. The molecule has 2 N–H and O–H groups in total. The zero-order valence-corrected chi connectivity index (χ0v) is 13.1. The predicted octanol–water partition coefficient (Wildman–Crippen LogP) is 3.64. The smallest absolute Gasteiger partial charge is 0.264 e. The maximum Gasteiger partial charge on any atom is 0.264 e. The Labute approximate surface area is 127 Å². The van der Waals surface area contributed by atoms with Crippen LogP contribution in [0.4, 0.5) is 5.82 Å². The summed E-state index contributed by atoms with van der Waals surface area (Å²) in [5.74, 6) is 0.431. The first kappa shape index (κ1) is 15.2. The first-order valence-electron chi connectivity index (χ1n) is 5.83. The van der Waals surface area contributed by atoms with Crippen LogP contribution >= 0.6 is 23.2 Å². The molecular weight excluding hydrogens is 321 g/mol. The zero-order chi connectivity index (χ0) is 14.9. The molecule has 0 aliphatic heterocycles. The molecule has 0 amide bonds. The van der Waals surface area contributed by atoms with Crippen LogP contribution < -0.4 is 4.72 Å². The third-order valence-corrected chi connectivity index (χ3v) is 4.71. The van der Waals surface area contributed by atoms with Crippen molar-refractivity contribution in [3.05, 3.63) is 40.0 Å². The highest BCUT2D eigenvalue weighted by Crippen LogP contribution is 2.27. The fourth-order valence-corrected chi connectivity index (χ4v) is 3.32. The summed E-state index contributed by atoms with van der Waals surface area (Å²) >= 11 is 11.7. The van der Waals surface area contributed by atoms with Crippen LogP contribution in [-0.4, -0.2) is 18.6 Å². The summed E-state index contributed by atoms with van der Waals surface area (Å²) in [4.78, 5) is -0.0826. The van der Waals surface area contributed by atoms with Crippen LogP contribution in [0, 0.1) is 0 Å². The molecule has 0 radical (unpaired) electrons. The fraction of sp³-hybridized carbons (Fsp3) is 0.250. The lowest BCUT2D eigenvalue weighted by Gasteiger charge is -2.07. The van der Waals surface area contributed by atoms with Crippen molar-refractivity contribution in [1.29, 1.82) is 0 Å². The van der Waals surface area contributed by atoms with Crippen LogP contribution in [0.1, 0.15) is 25.5 Å². The molecule has 0 bridgehead atoms. The van der Waals surface area contributed by atoms with E-state index in [0.717, 1.165) is 5.69 Å². The van der Waals surface area contributed by atoms with E-state index in [1.807, 2.05) is 13.8 Å². The fourth-order valence-electron chi connectivity index (χ4n) is 1.56. The van der Waals surface area contributed by atoms with Crippen molar-refractivity contribution in [1.82, 2.24) is 10.2 Å². The predicted molar refractivity (Wildman–Crippen MR) is 79.9 cm³/mol. The molecule has 20 heavy (non-hydrogen) atoms. The molecule has 5 nitrogen and oxygen atoms in total. The summed E-state index contributed by atoms with van der Waals surface area (Å²) in [6, 6.07) is 5.89. The minimum Gasteiger partial charge on any atom is -0.280 e. The zero-order valence-electron chi connectivity index (χ0n) is 10.8. The Bertz CT molecular complexity index is 726. The highest BCUT2D eigenvalue weighted by molar-refractivity contribution is 7.92. The van der Waals surface area contributed by atoms with Crippen molar-refractivity contribution in [2.24, 2.45) is 0 Å². The normalized spacial score (nSPS) is 11.8. The van der Waals surface area contributed by atoms with E-state index in [9.17, 15) is 8.42 Å². The van der Waals surface area contributed by atoms with E-state index >= 15 is 0 Å². The lowest BCUT2D eigenvalue weighted by molar-refractivity contribution is 0.601. The number of rotatable bonds is 4. The second kappa shape index (κ2) is 5.63. The molecule has 0 unspecified atom stereocenters. The summed E-state index contributed by atoms with van der Waals surface area (Å²) in [6.07, 6.45) is 0. The number of anilines is 1. The number of aromatic amines is 1. The molecule has 1 heterocycles. The molecule has 0 saturated carbocycles. The number of benzene rings is 1. The highest BCUT2D eigenvalue weighted by Gasteiger charge is 2.20. The lowest BCUT2D eigenvalue weighted by atomic mass is 10.1. The number of halogens is 2. The second-order valence-corrected chi connectivity index (χ2v) is 7.04. The van der Waals surface area contributed by atoms with Gasteiger partial charge in [-0.1, -0.05) is 37.0 Å². The molecule has 1 aromatic carbocycles. The number of nitrogens with zero attached hydrogens (tertiary/aromatic N) is 1. The Morgan fingerprint density at radius 3 is 2.55 bits per heavy atom. The van der Waals surface area contributed by atoms with Gasteiger partial charge < -0.3 is 0 Å². The second-order valence-electron chi connectivity index (χ2n) is 4.54. The summed E-state index contributed by atoms with van der Waals surface area (Å²) in [7, 11) is -3.83. The lowest BCUT2D eigenvalue weighted by Crippen LogP contribution is -2.13. The van der Waals surface area contributed by atoms with Gasteiger partial charge >= 0.3 is 0 Å². The van der Waals surface area contributed by atoms with Crippen LogP contribution in [0.2, 0.25) is 10.0 Å². The van der Waals surface area contributed by atoms with Crippen molar-refractivity contribution in [3.8, 4) is 0 Å². The Morgan fingerprint density at radius 1 is 1.25 bits per heavy atom. The van der Waals surface area contributed by atoms with E-state index < -0.39 is 10.0 Å². The third kappa shape index (κ3) is 3.26. The molecule has 0 spiro atoms. The van der Waals surface area contributed by atoms with E-state index in [0.29, 0.717) is 5.02 Å². The Kier molecular flexibility index (Phi) is 4.27. The average molecular weight is 334 g/mol. The first-order valence-corrected chi connectivity index (χ1v) is 8.06. The van der Waals surface area contributed by atoms with Crippen LogP contribution in [0.25, 0.3) is 0 Å². The molecule has 0 aliphatic carbocycles. The van der Waals surface area contributed by atoms with E-state index in [-0.39, 0.29) is 21.7 Å². The molecule has 108 valence electrons. The number of hydrogen-bond acceptors (Lipinski definition) is 3. The van der Waals surface area contributed by atoms with Crippen LogP contribution in [-0.2, 0) is 10.0 Å². The van der Waals surface area contributed by atoms with Crippen molar-refractivity contribution in [2.45, 2.75) is 24.7 Å². The van der Waals surface area contributed by atoms with Gasteiger partial charge in [0, 0.05) is 16.8 Å². The monoisotopic (exact) mass is 333 g/mol. The van der Waals surface area contributed by atoms with E-state index in [1.165, 1.54) is 18.2 Å². The van der Waals surface area contributed by atoms with Gasteiger partial charge in [0.1, 0.15) is 4.90 Å². The van der Waals surface area contributed by atoms with Gasteiger partial charge in [-0.05, 0) is 24.1 Å². The largest absolute Gasteiger partial charge is 0.280 e. The van der Waals surface area contributed by atoms with Gasteiger partial charge in [0.15, 0.2) is 5.82 Å². The molecule has 0 saturated heterocycles. The Balaban J connectivity index is 2.33. The van der Waals surface area contributed by atoms with Crippen LogP contribution in [0.3, 0.4) is 0 Å². The topological polar surface area (TPSA) is 74.8 Å². The van der Waals surface area contributed by atoms with Crippen molar-refractivity contribution >= 4 is 39.0 Å². The molecule has 8 heteroatoms. The van der Waals surface area contributed by atoms with Crippen molar-refractivity contribution in [2.75, 3.05) is 4.72 Å². The van der Waals surface area contributed by atoms with Crippen molar-refractivity contribution < 1.29 is 8.42 Å². The summed E-state index contributed by atoms with van der Waals surface area (Å²) < 4.78 is 26.9. The van der Waals surface area contributed by atoms with E-state index in [2.05, 4.69) is 14.9 Å². The molecule has 1 aromatic heterocycles. The van der Waals surface area contributed by atoms with Gasteiger partial charge in [-0.3, -0.25) is 9.82 Å². The number of H-pyrrole nitrogens is 1. The van der Waals surface area contributed by atoms with Crippen LogP contribution in [0.5, 0.6) is 0 Å². The van der Waals surface area contributed by atoms with E-state index in [4.69, 9.17) is 23.2 Å². The quantitative estimate of drug-likeness (QED) is 0.896. The molecule has 2 aromatic rings. The third-order valence-electron chi connectivity index (χ3n) is 2.64. The van der Waals surface area contributed by atoms with Gasteiger partial charge in [0.05, 0.1) is 5.02 Å². The van der Waals surface area contributed by atoms with Crippen molar-refractivity contribution in [3.63, 3.8) is 0 Å². The number of sulfonamides is 1. The van der Waals surface area contributed by atoms with Gasteiger partial charge in [0.2, 0.25) is 0 Å². The number of hydrogen-bond donors (Lipinski definition) is 2. The maximum atomic E-state index is 12.2. The highest BCUT2D eigenvalue weighted by atomic mass is 35.5. The molecule has 0 aliphatic rings. The number of nitrogens with one attached hydrogen (secondary N) is 2. The number of aromatic nitrogens is 2. The minimum absolute atomic E-state index is 0.0826. The van der Waals surface area contributed by atoms with Gasteiger partial charge in [0.25, 0.3) is 10.0 Å². The van der Waals surface area contributed by atoms with Crippen LogP contribution in [0.15, 0.2) is 29.2 Å². The maximum absolute atomic E-state index is 12.2. The minimum atomic E-state index is -3.83. The Morgan fingerprint density at radius 2 is 1.95 bits per heavy atom. The standard InChI is InChI=1S/C12H13Cl2N3O2S/c1-7(2)10-6-12(16-15-10)17-20(18,19)11-5-8(13)3-4-9(11)14/h3-7H,1-2H3,(H2,15,16,17). The van der Waals surface area contributed by atoms with Gasteiger partial charge in [-0.15, -0.1) is 0 Å². The molecular formula is C12H13Cl2N3O2S. The summed E-state index contributed by atoms with van der Waals surface area (Å²) in [5.41, 5.74) is 0.833.